The van der Waals surface area contributed by atoms with Crippen molar-refractivity contribution in [2.24, 2.45) is 7.05 Å². The smallest absolute Gasteiger partial charge is 0.168 e. The van der Waals surface area contributed by atoms with E-state index in [-0.39, 0.29) is 11.5 Å². The maximum absolute atomic E-state index is 9.94. The molecule has 4 nitrogen and oxygen atoms in total. The standard InChI is InChI=1S/C14H11BrN2O2/c1-17-11-6-5-8(15)7-10(11)16-14(17)9-3-2-4-12(18)13(9)19/h2-7,18-19H,1H3. The minimum absolute atomic E-state index is 0.147. The lowest BCUT2D eigenvalue weighted by Gasteiger charge is -2.06. The van der Waals surface area contributed by atoms with Gasteiger partial charge >= 0.3 is 0 Å². The molecule has 0 amide bonds. The van der Waals surface area contributed by atoms with Crippen molar-refractivity contribution in [2.45, 2.75) is 0 Å². The summed E-state index contributed by atoms with van der Waals surface area (Å²) in [7, 11) is 1.88. The Labute approximate surface area is 118 Å². The molecule has 5 heteroatoms. The van der Waals surface area contributed by atoms with Crippen molar-refractivity contribution in [3.05, 3.63) is 40.9 Å². The summed E-state index contributed by atoms with van der Waals surface area (Å²) < 4.78 is 2.83. The topological polar surface area (TPSA) is 58.3 Å². The van der Waals surface area contributed by atoms with Crippen molar-refractivity contribution in [2.75, 3.05) is 0 Å². The van der Waals surface area contributed by atoms with Gasteiger partial charge < -0.3 is 14.8 Å². The number of imidazole rings is 1. The lowest BCUT2D eigenvalue weighted by molar-refractivity contribution is 0.405. The number of aromatic nitrogens is 2. The summed E-state index contributed by atoms with van der Waals surface area (Å²) in [5.41, 5.74) is 2.30. The number of para-hydroxylation sites is 1. The molecule has 0 radical (unpaired) electrons. The summed E-state index contributed by atoms with van der Waals surface area (Å²) in [6.45, 7) is 0. The third-order valence-corrected chi connectivity index (χ3v) is 3.59. The number of rotatable bonds is 1. The predicted octanol–water partition coefficient (Wildman–Crippen LogP) is 3.41. The van der Waals surface area contributed by atoms with Crippen LogP contribution in [0.3, 0.4) is 0 Å². The Morgan fingerprint density at radius 1 is 1.16 bits per heavy atom. The average molecular weight is 319 g/mol. The van der Waals surface area contributed by atoms with Gasteiger partial charge in [-0.1, -0.05) is 22.0 Å². The molecule has 0 bridgehead atoms. The number of phenolic OH excluding ortho intramolecular Hbond substituents is 2. The van der Waals surface area contributed by atoms with Gasteiger partial charge in [-0.3, -0.25) is 0 Å². The number of nitrogens with zero attached hydrogens (tertiary/aromatic N) is 2. The van der Waals surface area contributed by atoms with Crippen LogP contribution in [-0.4, -0.2) is 19.8 Å². The van der Waals surface area contributed by atoms with Gasteiger partial charge in [0, 0.05) is 11.5 Å². The van der Waals surface area contributed by atoms with E-state index in [2.05, 4.69) is 20.9 Å². The molecule has 0 spiro atoms. The van der Waals surface area contributed by atoms with Gasteiger partial charge in [-0.25, -0.2) is 4.98 Å². The van der Waals surface area contributed by atoms with Gasteiger partial charge in [-0.05, 0) is 30.3 Å². The van der Waals surface area contributed by atoms with Gasteiger partial charge in [0.2, 0.25) is 0 Å². The molecule has 0 aliphatic rings. The van der Waals surface area contributed by atoms with Crippen molar-refractivity contribution in [1.82, 2.24) is 9.55 Å². The zero-order valence-corrected chi connectivity index (χ0v) is 11.7. The molecule has 0 aliphatic heterocycles. The van der Waals surface area contributed by atoms with Crippen LogP contribution < -0.4 is 0 Å². The summed E-state index contributed by atoms with van der Waals surface area (Å²) >= 11 is 3.41. The second-order valence-electron chi connectivity index (χ2n) is 4.30. The highest BCUT2D eigenvalue weighted by Crippen LogP contribution is 2.36. The molecule has 0 aliphatic carbocycles. The zero-order chi connectivity index (χ0) is 13.6. The highest BCUT2D eigenvalue weighted by Gasteiger charge is 2.15. The fourth-order valence-corrected chi connectivity index (χ4v) is 2.47. The van der Waals surface area contributed by atoms with E-state index >= 15 is 0 Å². The van der Waals surface area contributed by atoms with E-state index in [1.165, 1.54) is 6.07 Å². The van der Waals surface area contributed by atoms with E-state index in [1.54, 1.807) is 12.1 Å². The van der Waals surface area contributed by atoms with E-state index in [4.69, 9.17) is 0 Å². The first kappa shape index (κ1) is 12.0. The van der Waals surface area contributed by atoms with E-state index in [0.717, 1.165) is 15.5 Å². The molecule has 0 saturated heterocycles. The first-order chi connectivity index (χ1) is 9.08. The lowest BCUT2D eigenvalue weighted by atomic mass is 10.2. The van der Waals surface area contributed by atoms with E-state index in [1.807, 2.05) is 29.8 Å². The van der Waals surface area contributed by atoms with Crippen LogP contribution in [0, 0.1) is 0 Å². The van der Waals surface area contributed by atoms with Gasteiger partial charge in [0.1, 0.15) is 5.82 Å². The highest BCUT2D eigenvalue weighted by molar-refractivity contribution is 9.10. The molecule has 1 aromatic heterocycles. The normalized spacial score (nSPS) is 11.1. The largest absolute Gasteiger partial charge is 0.504 e. The zero-order valence-electron chi connectivity index (χ0n) is 10.1. The van der Waals surface area contributed by atoms with Crippen LogP contribution in [0.2, 0.25) is 0 Å². The van der Waals surface area contributed by atoms with Crippen LogP contribution >= 0.6 is 15.9 Å². The summed E-state index contributed by atoms with van der Waals surface area (Å²) in [6.07, 6.45) is 0. The molecule has 0 atom stereocenters. The second-order valence-corrected chi connectivity index (χ2v) is 5.22. The quantitative estimate of drug-likeness (QED) is 0.676. The summed E-state index contributed by atoms with van der Waals surface area (Å²) in [5.74, 6) is 0.312. The Bertz CT molecular complexity index is 780. The number of hydrogen-bond acceptors (Lipinski definition) is 3. The Morgan fingerprint density at radius 2 is 1.95 bits per heavy atom. The Morgan fingerprint density at radius 3 is 2.74 bits per heavy atom. The first-order valence-electron chi connectivity index (χ1n) is 5.71. The number of fused-ring (bicyclic) bond motifs is 1. The van der Waals surface area contributed by atoms with Crippen molar-refractivity contribution in [3.63, 3.8) is 0 Å². The van der Waals surface area contributed by atoms with Gasteiger partial charge in [0.25, 0.3) is 0 Å². The Hall–Kier alpha value is -2.01. The van der Waals surface area contributed by atoms with E-state index in [9.17, 15) is 10.2 Å². The number of phenols is 2. The molecule has 19 heavy (non-hydrogen) atoms. The maximum Gasteiger partial charge on any atom is 0.168 e. The van der Waals surface area contributed by atoms with Crippen molar-refractivity contribution < 1.29 is 10.2 Å². The third kappa shape index (κ3) is 1.86. The van der Waals surface area contributed by atoms with Crippen molar-refractivity contribution in [3.8, 4) is 22.9 Å². The van der Waals surface area contributed by atoms with Gasteiger partial charge in [-0.15, -0.1) is 0 Å². The highest BCUT2D eigenvalue weighted by atomic mass is 79.9. The monoisotopic (exact) mass is 318 g/mol. The van der Waals surface area contributed by atoms with E-state index in [0.29, 0.717) is 11.4 Å². The fraction of sp³-hybridized carbons (Fsp3) is 0.0714. The van der Waals surface area contributed by atoms with Gasteiger partial charge in [0.15, 0.2) is 11.5 Å². The van der Waals surface area contributed by atoms with Crippen LogP contribution in [-0.2, 0) is 7.05 Å². The molecule has 0 unspecified atom stereocenters. The van der Waals surface area contributed by atoms with Crippen LogP contribution in [0.25, 0.3) is 22.4 Å². The summed E-state index contributed by atoms with van der Waals surface area (Å²) in [4.78, 5) is 4.51. The molecular formula is C14H11BrN2O2. The molecule has 3 aromatic rings. The Kier molecular flexibility index (Phi) is 2.71. The second kappa shape index (κ2) is 4.28. The number of halogens is 1. The number of hydrogen-bond donors (Lipinski definition) is 2. The molecule has 2 aromatic carbocycles. The molecule has 0 fully saturated rings. The van der Waals surface area contributed by atoms with Crippen LogP contribution in [0.15, 0.2) is 40.9 Å². The minimum atomic E-state index is -0.153. The molecular weight excluding hydrogens is 308 g/mol. The first-order valence-corrected chi connectivity index (χ1v) is 6.50. The molecule has 3 rings (SSSR count). The third-order valence-electron chi connectivity index (χ3n) is 3.10. The van der Waals surface area contributed by atoms with Gasteiger partial charge in [-0.2, -0.15) is 0 Å². The molecule has 0 saturated carbocycles. The van der Waals surface area contributed by atoms with E-state index < -0.39 is 0 Å². The average Bonchev–Trinajstić information content (AvgIpc) is 2.69. The molecule has 1 heterocycles. The lowest BCUT2D eigenvalue weighted by Crippen LogP contribution is -1.92. The predicted molar refractivity (Wildman–Crippen MR) is 77.2 cm³/mol. The van der Waals surface area contributed by atoms with Crippen molar-refractivity contribution in [1.29, 1.82) is 0 Å². The number of benzene rings is 2. The Balaban J connectivity index is 2.31. The maximum atomic E-state index is 9.94. The van der Waals surface area contributed by atoms with Crippen LogP contribution in [0.5, 0.6) is 11.5 Å². The van der Waals surface area contributed by atoms with Gasteiger partial charge in [0.05, 0.1) is 16.6 Å². The van der Waals surface area contributed by atoms with Crippen LogP contribution in [0.4, 0.5) is 0 Å². The summed E-state index contributed by atoms with van der Waals surface area (Å²) in [6, 6.07) is 10.7. The molecule has 96 valence electrons. The number of aryl methyl sites for hydroxylation is 1. The SMILES string of the molecule is Cn1c(-c2cccc(O)c2O)nc2cc(Br)ccc21. The van der Waals surface area contributed by atoms with Crippen LogP contribution in [0.1, 0.15) is 0 Å². The minimum Gasteiger partial charge on any atom is -0.504 e. The fourth-order valence-electron chi connectivity index (χ4n) is 2.13. The summed E-state index contributed by atoms with van der Waals surface area (Å²) in [5, 5.41) is 19.5. The van der Waals surface area contributed by atoms with Crippen molar-refractivity contribution >= 4 is 27.0 Å². The number of aromatic hydroxyl groups is 2. The molecule has 2 N–H and O–H groups in total.